The molecule has 0 bridgehead atoms. The van der Waals surface area contributed by atoms with Crippen LogP contribution >= 0.6 is 0 Å². The van der Waals surface area contributed by atoms with Gasteiger partial charge in [0.25, 0.3) is 12.2 Å². The largest absolute Gasteiger partial charge is 0.460 e. The van der Waals surface area contributed by atoms with E-state index in [1.807, 2.05) is 0 Å². The Labute approximate surface area is 80.5 Å². The number of ether oxygens (including phenoxy) is 1. The molecule has 1 rings (SSSR count). The minimum atomic E-state index is -0.603. The van der Waals surface area contributed by atoms with E-state index >= 15 is 0 Å². The highest BCUT2D eigenvalue weighted by atomic mass is 16.6. The third-order valence-electron chi connectivity index (χ3n) is 1.83. The number of rotatable bonds is 4. The summed E-state index contributed by atoms with van der Waals surface area (Å²) in [6, 6.07) is 6.16. The van der Waals surface area contributed by atoms with Crippen molar-refractivity contribution >= 4 is 12.2 Å². The van der Waals surface area contributed by atoms with Crippen LogP contribution in [0.15, 0.2) is 24.3 Å². The summed E-state index contributed by atoms with van der Waals surface area (Å²) in [4.78, 5) is 20.2. The molecule has 0 spiro atoms. The average molecular weight is 195 g/mol. The van der Waals surface area contributed by atoms with Crippen molar-refractivity contribution in [1.29, 1.82) is 0 Å². The Morgan fingerprint density at radius 2 is 2.14 bits per heavy atom. The van der Waals surface area contributed by atoms with Crippen molar-refractivity contribution in [3.63, 3.8) is 0 Å². The van der Waals surface area contributed by atoms with E-state index in [1.54, 1.807) is 25.1 Å². The first-order chi connectivity index (χ1) is 6.66. The lowest BCUT2D eigenvalue weighted by Gasteiger charge is -2.09. The van der Waals surface area contributed by atoms with E-state index in [9.17, 15) is 14.9 Å². The normalized spacial score (nSPS) is 11.8. The molecular formula is C9H9NO4. The van der Waals surface area contributed by atoms with Crippen molar-refractivity contribution in [3.05, 3.63) is 39.9 Å². The van der Waals surface area contributed by atoms with E-state index in [0.29, 0.717) is 5.56 Å². The maximum Gasteiger partial charge on any atom is 0.293 e. The second-order valence-electron chi connectivity index (χ2n) is 2.69. The molecule has 0 aliphatic rings. The number of hydrogen-bond donors (Lipinski definition) is 0. The highest BCUT2D eigenvalue weighted by Gasteiger charge is 2.18. The lowest BCUT2D eigenvalue weighted by Crippen LogP contribution is -2.02. The molecule has 0 saturated heterocycles. The number of benzene rings is 1. The van der Waals surface area contributed by atoms with Crippen molar-refractivity contribution in [2.24, 2.45) is 0 Å². The van der Waals surface area contributed by atoms with Crippen LogP contribution < -0.4 is 0 Å². The maximum absolute atomic E-state index is 10.6. The second-order valence-corrected chi connectivity index (χ2v) is 2.69. The van der Waals surface area contributed by atoms with Crippen LogP contribution in [0.25, 0.3) is 0 Å². The molecule has 0 saturated carbocycles. The molecule has 0 N–H and O–H groups in total. The topological polar surface area (TPSA) is 69.4 Å². The van der Waals surface area contributed by atoms with E-state index < -0.39 is 11.0 Å². The summed E-state index contributed by atoms with van der Waals surface area (Å²) >= 11 is 0. The van der Waals surface area contributed by atoms with Crippen molar-refractivity contribution in [3.8, 4) is 0 Å². The molecule has 1 atom stereocenters. The van der Waals surface area contributed by atoms with Gasteiger partial charge in [-0.25, -0.2) is 0 Å². The van der Waals surface area contributed by atoms with Crippen LogP contribution in [-0.2, 0) is 9.53 Å². The molecule has 14 heavy (non-hydrogen) atoms. The predicted octanol–water partition coefficient (Wildman–Crippen LogP) is 1.83. The summed E-state index contributed by atoms with van der Waals surface area (Å²) in [5.41, 5.74) is 0.353. The molecule has 74 valence electrons. The molecule has 0 fully saturated rings. The summed E-state index contributed by atoms with van der Waals surface area (Å²) in [6.07, 6.45) is -0.603. The smallest absolute Gasteiger partial charge is 0.293 e. The van der Waals surface area contributed by atoms with Crippen LogP contribution in [0.3, 0.4) is 0 Å². The summed E-state index contributed by atoms with van der Waals surface area (Å²) in [5.74, 6) is 0. The van der Waals surface area contributed by atoms with Gasteiger partial charge in [-0.2, -0.15) is 0 Å². The number of carbonyl (C=O) groups is 1. The van der Waals surface area contributed by atoms with Gasteiger partial charge >= 0.3 is 0 Å². The quantitative estimate of drug-likeness (QED) is 0.417. The minimum Gasteiger partial charge on any atom is -0.460 e. The molecule has 0 aliphatic heterocycles. The van der Waals surface area contributed by atoms with Gasteiger partial charge in [0.05, 0.1) is 10.5 Å². The zero-order chi connectivity index (χ0) is 10.6. The molecule has 1 unspecified atom stereocenters. The van der Waals surface area contributed by atoms with E-state index in [0.717, 1.165) is 0 Å². The van der Waals surface area contributed by atoms with Gasteiger partial charge in [0, 0.05) is 6.07 Å². The molecule has 1 aromatic rings. The molecule has 0 amide bonds. The molecule has 5 heteroatoms. The van der Waals surface area contributed by atoms with Gasteiger partial charge in [0.2, 0.25) is 0 Å². The Balaban J connectivity index is 3.06. The molecule has 1 aromatic carbocycles. The molecule has 0 heterocycles. The van der Waals surface area contributed by atoms with Gasteiger partial charge < -0.3 is 4.74 Å². The number of nitrogens with zero attached hydrogens (tertiary/aromatic N) is 1. The van der Waals surface area contributed by atoms with Crippen molar-refractivity contribution < 1.29 is 14.5 Å². The fraction of sp³-hybridized carbons (Fsp3) is 0.222. The van der Waals surface area contributed by atoms with Gasteiger partial charge in [-0.1, -0.05) is 12.1 Å². The number of nitro groups is 1. The average Bonchev–Trinajstić information content (AvgIpc) is 2.18. The first kappa shape index (κ1) is 10.2. The van der Waals surface area contributed by atoms with Gasteiger partial charge in [0.15, 0.2) is 0 Å². The van der Waals surface area contributed by atoms with Crippen LogP contribution in [0.4, 0.5) is 5.69 Å². The van der Waals surface area contributed by atoms with Gasteiger partial charge in [-0.3, -0.25) is 14.9 Å². The maximum atomic E-state index is 10.6. The van der Waals surface area contributed by atoms with E-state index in [4.69, 9.17) is 0 Å². The predicted molar refractivity (Wildman–Crippen MR) is 48.7 cm³/mol. The minimum absolute atomic E-state index is 0.0400. The van der Waals surface area contributed by atoms with Crippen LogP contribution in [0.1, 0.15) is 18.6 Å². The van der Waals surface area contributed by atoms with Crippen molar-refractivity contribution in [1.82, 2.24) is 0 Å². The van der Waals surface area contributed by atoms with Crippen LogP contribution in [0.2, 0.25) is 0 Å². The summed E-state index contributed by atoms with van der Waals surface area (Å²) in [5, 5.41) is 10.6. The molecule has 0 aliphatic carbocycles. The Morgan fingerprint density at radius 1 is 1.50 bits per heavy atom. The second kappa shape index (κ2) is 4.36. The molecule has 0 radical (unpaired) electrons. The standard InChI is InChI=1S/C9H9NO4/c1-7(14-6-11)8-4-2-3-5-9(8)10(12)13/h2-7H,1H3. The first-order valence-electron chi connectivity index (χ1n) is 3.99. The summed E-state index contributed by atoms with van der Waals surface area (Å²) in [7, 11) is 0. The van der Waals surface area contributed by atoms with Crippen molar-refractivity contribution in [2.75, 3.05) is 0 Å². The zero-order valence-electron chi connectivity index (χ0n) is 7.54. The Morgan fingerprint density at radius 3 is 2.71 bits per heavy atom. The third kappa shape index (κ3) is 2.07. The highest BCUT2D eigenvalue weighted by molar-refractivity contribution is 5.44. The zero-order valence-corrected chi connectivity index (χ0v) is 7.54. The fourth-order valence-corrected chi connectivity index (χ4v) is 1.15. The third-order valence-corrected chi connectivity index (χ3v) is 1.83. The van der Waals surface area contributed by atoms with E-state index in [1.165, 1.54) is 6.07 Å². The van der Waals surface area contributed by atoms with Crippen LogP contribution in [0.5, 0.6) is 0 Å². The number of para-hydroxylation sites is 1. The summed E-state index contributed by atoms with van der Waals surface area (Å²) in [6.45, 7) is 1.86. The fourth-order valence-electron chi connectivity index (χ4n) is 1.15. The lowest BCUT2D eigenvalue weighted by atomic mass is 10.1. The van der Waals surface area contributed by atoms with Crippen LogP contribution in [0, 0.1) is 10.1 Å². The molecule has 5 nitrogen and oxygen atoms in total. The SMILES string of the molecule is CC(OC=O)c1ccccc1[N+](=O)[O-]. The Hall–Kier alpha value is -1.91. The molecular weight excluding hydrogens is 186 g/mol. The Bertz CT molecular complexity index is 350. The van der Waals surface area contributed by atoms with Crippen molar-refractivity contribution in [2.45, 2.75) is 13.0 Å². The van der Waals surface area contributed by atoms with Crippen LogP contribution in [-0.4, -0.2) is 11.4 Å². The van der Waals surface area contributed by atoms with Gasteiger partial charge in [-0.15, -0.1) is 0 Å². The monoisotopic (exact) mass is 195 g/mol. The molecule has 0 aromatic heterocycles. The van der Waals surface area contributed by atoms with E-state index in [2.05, 4.69) is 4.74 Å². The van der Waals surface area contributed by atoms with E-state index in [-0.39, 0.29) is 12.2 Å². The van der Waals surface area contributed by atoms with Gasteiger partial charge in [0.1, 0.15) is 6.10 Å². The highest BCUT2D eigenvalue weighted by Crippen LogP contribution is 2.26. The number of hydrogen-bond acceptors (Lipinski definition) is 4. The number of carbonyl (C=O) groups excluding carboxylic acids is 1. The Kier molecular flexibility index (Phi) is 3.17. The first-order valence-corrected chi connectivity index (χ1v) is 3.99. The summed E-state index contributed by atoms with van der Waals surface area (Å²) < 4.78 is 4.63. The number of nitro benzene ring substituents is 1. The lowest BCUT2D eigenvalue weighted by molar-refractivity contribution is -0.386. The van der Waals surface area contributed by atoms with Gasteiger partial charge in [-0.05, 0) is 13.0 Å².